The van der Waals surface area contributed by atoms with E-state index < -0.39 is 0 Å². The van der Waals surface area contributed by atoms with E-state index in [0.29, 0.717) is 31.0 Å². The topological polar surface area (TPSA) is 72.6 Å². The third kappa shape index (κ3) is 3.23. The Hall–Kier alpha value is -2.07. The standard InChI is InChI=1S/C17H16IN5O2/c1-11-7-14(23-17(21-11)19-10-20-23)15-9-22(5-6-25-15)16(24)12-3-2-4-13(18)8-12/h2-4,7-8,10,15H,5-6,9H2,1H3. The number of rotatable bonds is 2. The molecule has 7 nitrogen and oxygen atoms in total. The van der Waals surface area contributed by atoms with Crippen LogP contribution in [0.5, 0.6) is 0 Å². The van der Waals surface area contributed by atoms with Crippen molar-refractivity contribution in [3.05, 3.63) is 57.2 Å². The molecular formula is C17H16IN5O2. The Bertz CT molecular complexity index is 942. The van der Waals surface area contributed by atoms with Gasteiger partial charge in [-0.2, -0.15) is 14.6 Å². The lowest BCUT2D eigenvalue weighted by molar-refractivity contribution is -0.0257. The average molecular weight is 449 g/mol. The Labute approximate surface area is 158 Å². The number of aromatic nitrogens is 4. The van der Waals surface area contributed by atoms with Gasteiger partial charge in [0.15, 0.2) is 0 Å². The molecule has 25 heavy (non-hydrogen) atoms. The van der Waals surface area contributed by atoms with Gasteiger partial charge >= 0.3 is 0 Å². The van der Waals surface area contributed by atoms with E-state index in [4.69, 9.17) is 4.74 Å². The molecule has 1 aliphatic heterocycles. The number of morpholine rings is 1. The largest absolute Gasteiger partial charge is 0.368 e. The van der Waals surface area contributed by atoms with Gasteiger partial charge in [0.1, 0.15) is 12.4 Å². The molecule has 0 spiro atoms. The van der Waals surface area contributed by atoms with Crippen molar-refractivity contribution in [1.82, 2.24) is 24.5 Å². The maximum Gasteiger partial charge on any atom is 0.254 e. The van der Waals surface area contributed by atoms with Crippen LogP contribution in [0.2, 0.25) is 0 Å². The van der Waals surface area contributed by atoms with Crippen molar-refractivity contribution in [3.8, 4) is 0 Å². The van der Waals surface area contributed by atoms with Crippen LogP contribution in [0.4, 0.5) is 0 Å². The Morgan fingerprint density at radius 2 is 2.24 bits per heavy atom. The Morgan fingerprint density at radius 3 is 3.08 bits per heavy atom. The van der Waals surface area contributed by atoms with E-state index in [1.807, 2.05) is 42.2 Å². The molecular weight excluding hydrogens is 433 g/mol. The minimum absolute atomic E-state index is 0.0208. The van der Waals surface area contributed by atoms with Crippen molar-refractivity contribution in [2.75, 3.05) is 19.7 Å². The second-order valence-corrected chi connectivity index (χ2v) is 7.16. The van der Waals surface area contributed by atoms with Gasteiger partial charge in [0.05, 0.1) is 18.8 Å². The maximum atomic E-state index is 12.8. The van der Waals surface area contributed by atoms with Crippen LogP contribution in [0.15, 0.2) is 36.7 Å². The summed E-state index contributed by atoms with van der Waals surface area (Å²) in [5.74, 6) is 0.562. The summed E-state index contributed by atoms with van der Waals surface area (Å²) in [4.78, 5) is 23.2. The van der Waals surface area contributed by atoms with Crippen molar-refractivity contribution in [2.24, 2.45) is 0 Å². The van der Waals surface area contributed by atoms with Crippen LogP contribution in [0.25, 0.3) is 5.78 Å². The number of ether oxygens (including phenoxy) is 1. The Morgan fingerprint density at radius 1 is 1.36 bits per heavy atom. The first-order valence-electron chi connectivity index (χ1n) is 7.95. The van der Waals surface area contributed by atoms with Gasteiger partial charge in [-0.1, -0.05) is 6.07 Å². The first-order valence-corrected chi connectivity index (χ1v) is 9.03. The number of amides is 1. The van der Waals surface area contributed by atoms with Crippen LogP contribution in [-0.2, 0) is 4.74 Å². The number of fused-ring (bicyclic) bond motifs is 1. The van der Waals surface area contributed by atoms with Crippen LogP contribution in [-0.4, -0.2) is 50.1 Å². The molecule has 1 unspecified atom stereocenters. The molecule has 3 aromatic rings. The molecule has 0 bridgehead atoms. The second-order valence-electron chi connectivity index (χ2n) is 5.92. The zero-order valence-corrected chi connectivity index (χ0v) is 15.8. The van der Waals surface area contributed by atoms with Gasteiger partial charge < -0.3 is 9.64 Å². The van der Waals surface area contributed by atoms with Crippen LogP contribution in [0, 0.1) is 10.5 Å². The van der Waals surface area contributed by atoms with E-state index in [0.717, 1.165) is 15.0 Å². The minimum Gasteiger partial charge on any atom is -0.368 e. The lowest BCUT2D eigenvalue weighted by atomic mass is 10.1. The Balaban J connectivity index is 1.62. The highest BCUT2D eigenvalue weighted by molar-refractivity contribution is 14.1. The molecule has 0 radical (unpaired) electrons. The molecule has 1 aliphatic rings. The van der Waals surface area contributed by atoms with Crippen molar-refractivity contribution in [1.29, 1.82) is 0 Å². The summed E-state index contributed by atoms with van der Waals surface area (Å²) in [6.07, 6.45) is 1.22. The highest BCUT2D eigenvalue weighted by atomic mass is 127. The maximum absolute atomic E-state index is 12.8. The van der Waals surface area contributed by atoms with Gasteiger partial charge in [-0.3, -0.25) is 4.79 Å². The molecule has 3 heterocycles. The van der Waals surface area contributed by atoms with Crippen LogP contribution < -0.4 is 0 Å². The number of carbonyl (C=O) groups excluding carboxylic acids is 1. The molecule has 1 aromatic carbocycles. The smallest absolute Gasteiger partial charge is 0.254 e. The van der Waals surface area contributed by atoms with E-state index in [9.17, 15) is 4.79 Å². The third-order valence-corrected chi connectivity index (χ3v) is 4.83. The monoisotopic (exact) mass is 449 g/mol. The zero-order valence-electron chi connectivity index (χ0n) is 13.6. The number of hydrogen-bond donors (Lipinski definition) is 0. The zero-order chi connectivity index (χ0) is 17.4. The summed E-state index contributed by atoms with van der Waals surface area (Å²) < 4.78 is 8.65. The highest BCUT2D eigenvalue weighted by Crippen LogP contribution is 2.24. The van der Waals surface area contributed by atoms with Crippen molar-refractivity contribution < 1.29 is 9.53 Å². The summed E-state index contributed by atoms with van der Waals surface area (Å²) in [6, 6.07) is 9.56. The summed E-state index contributed by atoms with van der Waals surface area (Å²) in [7, 11) is 0. The van der Waals surface area contributed by atoms with Crippen molar-refractivity contribution >= 4 is 34.3 Å². The lowest BCUT2D eigenvalue weighted by Crippen LogP contribution is -2.42. The van der Waals surface area contributed by atoms with Gasteiger partial charge in [-0.15, -0.1) is 0 Å². The Kier molecular flexibility index (Phi) is 4.38. The molecule has 128 valence electrons. The third-order valence-electron chi connectivity index (χ3n) is 4.16. The molecule has 1 atom stereocenters. The first kappa shape index (κ1) is 16.4. The number of nitrogens with zero attached hydrogens (tertiary/aromatic N) is 5. The minimum atomic E-state index is -0.258. The van der Waals surface area contributed by atoms with Gasteiger partial charge in [-0.05, 0) is 53.8 Å². The van der Waals surface area contributed by atoms with Crippen LogP contribution in [0.3, 0.4) is 0 Å². The molecule has 0 aliphatic carbocycles. The fourth-order valence-corrected chi connectivity index (χ4v) is 3.55. The highest BCUT2D eigenvalue weighted by Gasteiger charge is 2.28. The number of carbonyl (C=O) groups is 1. The number of hydrogen-bond acceptors (Lipinski definition) is 5. The molecule has 0 saturated carbocycles. The van der Waals surface area contributed by atoms with Gasteiger partial charge in [0.2, 0.25) is 0 Å². The molecule has 8 heteroatoms. The number of benzene rings is 1. The molecule has 0 N–H and O–H groups in total. The van der Waals surface area contributed by atoms with Gasteiger partial charge in [-0.25, -0.2) is 4.98 Å². The quantitative estimate of drug-likeness (QED) is 0.562. The van der Waals surface area contributed by atoms with E-state index in [2.05, 4.69) is 37.7 Å². The fourth-order valence-electron chi connectivity index (χ4n) is 3.01. The van der Waals surface area contributed by atoms with Gasteiger partial charge in [0, 0.05) is 21.4 Å². The van der Waals surface area contributed by atoms with Crippen molar-refractivity contribution in [2.45, 2.75) is 13.0 Å². The van der Waals surface area contributed by atoms with Gasteiger partial charge in [0.25, 0.3) is 11.7 Å². The molecule has 1 amide bonds. The SMILES string of the molecule is Cc1cc(C2CN(C(=O)c3cccc(I)c3)CCO2)n2ncnc2n1. The van der Waals surface area contributed by atoms with E-state index in [-0.39, 0.29) is 12.0 Å². The predicted molar refractivity (Wildman–Crippen MR) is 99.3 cm³/mol. The van der Waals surface area contributed by atoms with Crippen LogP contribution >= 0.6 is 22.6 Å². The van der Waals surface area contributed by atoms with E-state index >= 15 is 0 Å². The lowest BCUT2D eigenvalue weighted by Gasteiger charge is -2.33. The predicted octanol–water partition coefficient (Wildman–Crippen LogP) is 2.25. The molecule has 1 fully saturated rings. The average Bonchev–Trinajstić information content (AvgIpc) is 3.08. The number of halogens is 1. The summed E-state index contributed by atoms with van der Waals surface area (Å²) in [5.41, 5.74) is 2.41. The summed E-state index contributed by atoms with van der Waals surface area (Å²) in [5, 5.41) is 4.23. The summed E-state index contributed by atoms with van der Waals surface area (Å²) >= 11 is 2.21. The summed E-state index contributed by atoms with van der Waals surface area (Å²) in [6.45, 7) is 3.45. The first-order chi connectivity index (χ1) is 12.1. The number of aryl methyl sites for hydroxylation is 1. The molecule has 4 rings (SSSR count). The normalized spacial score (nSPS) is 17.8. The molecule has 1 saturated heterocycles. The fraction of sp³-hybridized carbons (Fsp3) is 0.294. The van der Waals surface area contributed by atoms with Crippen molar-refractivity contribution in [3.63, 3.8) is 0 Å². The molecule has 2 aromatic heterocycles. The van der Waals surface area contributed by atoms with E-state index in [1.54, 1.807) is 4.52 Å². The second kappa shape index (κ2) is 6.68. The van der Waals surface area contributed by atoms with Crippen LogP contribution in [0.1, 0.15) is 27.8 Å². The van der Waals surface area contributed by atoms with E-state index in [1.165, 1.54) is 6.33 Å².